The van der Waals surface area contributed by atoms with Crippen molar-refractivity contribution in [3.8, 4) is 0 Å². The first-order valence-corrected chi connectivity index (χ1v) is 6.77. The molecule has 1 aromatic rings. The molecule has 1 aromatic heterocycles. The Morgan fingerprint density at radius 1 is 1.50 bits per heavy atom. The minimum absolute atomic E-state index is 0.00382. The maximum absolute atomic E-state index is 11.9. The number of anilines is 1. The Hall–Kier alpha value is -1.58. The number of rotatable bonds is 6. The highest BCUT2D eigenvalue weighted by molar-refractivity contribution is 5.94. The highest BCUT2D eigenvalue weighted by Crippen LogP contribution is 2.28. The maximum Gasteiger partial charge on any atom is 0.251 e. The van der Waals surface area contributed by atoms with Crippen LogP contribution in [-0.2, 0) is 0 Å². The number of hydrogen-bond donors (Lipinski definition) is 2. The molecule has 0 aliphatic heterocycles. The molecule has 4 nitrogen and oxygen atoms in total. The molecule has 1 saturated carbocycles. The number of carbonyl (C=O) groups excluding carboxylic acids is 1. The lowest BCUT2D eigenvalue weighted by atomic mass is 9.83. The molecular formula is C14H21N3O. The summed E-state index contributed by atoms with van der Waals surface area (Å²) in [7, 11) is 0. The second-order valence-electron chi connectivity index (χ2n) is 4.80. The highest BCUT2D eigenvalue weighted by atomic mass is 16.1. The Balaban J connectivity index is 1.81. The van der Waals surface area contributed by atoms with Crippen LogP contribution in [0.5, 0.6) is 0 Å². The van der Waals surface area contributed by atoms with Gasteiger partial charge in [-0.2, -0.15) is 0 Å². The van der Waals surface area contributed by atoms with E-state index in [-0.39, 0.29) is 5.91 Å². The van der Waals surface area contributed by atoms with Crippen LogP contribution in [-0.4, -0.2) is 24.0 Å². The summed E-state index contributed by atoms with van der Waals surface area (Å²) in [6.07, 6.45) is 6.79. The molecule has 0 aromatic carbocycles. The molecule has 2 rings (SSSR count). The van der Waals surface area contributed by atoms with Crippen LogP contribution >= 0.6 is 0 Å². The van der Waals surface area contributed by atoms with Gasteiger partial charge in [-0.3, -0.25) is 4.79 Å². The predicted octanol–water partition coefficient (Wildman–Crippen LogP) is 2.43. The Bertz CT molecular complexity index is 402. The lowest BCUT2D eigenvalue weighted by Gasteiger charge is -2.25. The molecule has 1 aliphatic rings. The molecule has 1 heterocycles. The van der Waals surface area contributed by atoms with Crippen molar-refractivity contribution in [2.45, 2.75) is 32.6 Å². The van der Waals surface area contributed by atoms with E-state index in [2.05, 4.69) is 15.6 Å². The number of nitrogens with zero attached hydrogens (tertiary/aromatic N) is 1. The van der Waals surface area contributed by atoms with Crippen LogP contribution in [0.4, 0.5) is 5.82 Å². The molecule has 2 N–H and O–H groups in total. The van der Waals surface area contributed by atoms with E-state index in [0.29, 0.717) is 5.56 Å². The second kappa shape index (κ2) is 6.38. The molecule has 18 heavy (non-hydrogen) atoms. The Morgan fingerprint density at radius 2 is 2.33 bits per heavy atom. The molecule has 98 valence electrons. The Morgan fingerprint density at radius 3 is 3.00 bits per heavy atom. The van der Waals surface area contributed by atoms with Crippen molar-refractivity contribution < 1.29 is 4.79 Å². The average Bonchev–Trinajstić information content (AvgIpc) is 2.33. The zero-order chi connectivity index (χ0) is 12.8. The highest BCUT2D eigenvalue weighted by Gasteiger charge is 2.17. The maximum atomic E-state index is 11.9. The van der Waals surface area contributed by atoms with Gasteiger partial charge in [-0.25, -0.2) is 4.98 Å². The number of amides is 1. The van der Waals surface area contributed by atoms with Gasteiger partial charge in [0.15, 0.2) is 0 Å². The summed E-state index contributed by atoms with van der Waals surface area (Å²) in [6.45, 7) is 3.59. The first-order chi connectivity index (χ1) is 8.79. The van der Waals surface area contributed by atoms with Crippen molar-refractivity contribution in [1.82, 2.24) is 10.3 Å². The Kier molecular flexibility index (Phi) is 4.56. The number of aromatic nitrogens is 1. The molecule has 0 radical (unpaired) electrons. The standard InChI is InChI=1S/C14H21N3O/c1-2-15-13-10-12(7-9-16-13)14(18)17-8-6-11-4-3-5-11/h7,9-11H,2-6,8H2,1H3,(H,15,16)(H,17,18). The SMILES string of the molecule is CCNc1cc(C(=O)NCCC2CCC2)ccn1. The minimum atomic E-state index is -0.00382. The van der Waals surface area contributed by atoms with Crippen molar-refractivity contribution in [2.75, 3.05) is 18.4 Å². The molecule has 4 heteroatoms. The van der Waals surface area contributed by atoms with Crippen LogP contribution in [0.15, 0.2) is 18.3 Å². The van der Waals surface area contributed by atoms with Crippen LogP contribution in [0.1, 0.15) is 43.0 Å². The summed E-state index contributed by atoms with van der Waals surface area (Å²) < 4.78 is 0. The van der Waals surface area contributed by atoms with E-state index in [4.69, 9.17) is 0 Å². The molecule has 0 spiro atoms. The average molecular weight is 247 g/mol. The van der Waals surface area contributed by atoms with E-state index in [1.54, 1.807) is 18.3 Å². The fraction of sp³-hybridized carbons (Fsp3) is 0.571. The third-order valence-corrected chi connectivity index (χ3v) is 3.44. The topological polar surface area (TPSA) is 54.0 Å². The number of carbonyl (C=O) groups is 1. The van der Waals surface area contributed by atoms with E-state index < -0.39 is 0 Å². The van der Waals surface area contributed by atoms with E-state index in [1.165, 1.54) is 19.3 Å². The summed E-state index contributed by atoms with van der Waals surface area (Å²) in [5, 5.41) is 6.08. The monoisotopic (exact) mass is 247 g/mol. The van der Waals surface area contributed by atoms with E-state index in [0.717, 1.165) is 31.2 Å². The number of pyridine rings is 1. The van der Waals surface area contributed by atoms with Crippen LogP contribution in [0.2, 0.25) is 0 Å². The van der Waals surface area contributed by atoms with Crippen LogP contribution in [0.3, 0.4) is 0 Å². The van der Waals surface area contributed by atoms with Gasteiger partial charge in [0.1, 0.15) is 5.82 Å². The Labute approximate surface area is 108 Å². The van der Waals surface area contributed by atoms with Crippen molar-refractivity contribution in [2.24, 2.45) is 5.92 Å². The molecule has 1 aliphatic carbocycles. The first kappa shape index (κ1) is 12.9. The molecule has 0 bridgehead atoms. The van der Waals surface area contributed by atoms with Crippen molar-refractivity contribution in [3.05, 3.63) is 23.9 Å². The van der Waals surface area contributed by atoms with Crippen molar-refractivity contribution in [1.29, 1.82) is 0 Å². The van der Waals surface area contributed by atoms with Crippen LogP contribution in [0.25, 0.3) is 0 Å². The van der Waals surface area contributed by atoms with E-state index in [1.807, 2.05) is 6.92 Å². The smallest absolute Gasteiger partial charge is 0.251 e. The van der Waals surface area contributed by atoms with E-state index >= 15 is 0 Å². The zero-order valence-electron chi connectivity index (χ0n) is 10.9. The second-order valence-corrected chi connectivity index (χ2v) is 4.80. The van der Waals surface area contributed by atoms with Gasteiger partial charge in [-0.15, -0.1) is 0 Å². The zero-order valence-corrected chi connectivity index (χ0v) is 10.9. The fourth-order valence-corrected chi connectivity index (χ4v) is 2.12. The van der Waals surface area contributed by atoms with Crippen molar-refractivity contribution in [3.63, 3.8) is 0 Å². The molecule has 0 saturated heterocycles. The lowest BCUT2D eigenvalue weighted by Crippen LogP contribution is -2.27. The largest absolute Gasteiger partial charge is 0.370 e. The fourth-order valence-electron chi connectivity index (χ4n) is 2.12. The molecule has 0 unspecified atom stereocenters. The van der Waals surface area contributed by atoms with Gasteiger partial charge in [0.25, 0.3) is 5.91 Å². The van der Waals surface area contributed by atoms with E-state index in [9.17, 15) is 4.79 Å². The molecule has 1 fully saturated rings. The molecular weight excluding hydrogens is 226 g/mol. The normalized spacial score (nSPS) is 14.9. The lowest BCUT2D eigenvalue weighted by molar-refractivity contribution is 0.0949. The number of nitrogens with one attached hydrogen (secondary N) is 2. The molecule has 0 atom stereocenters. The molecule has 1 amide bonds. The summed E-state index contributed by atoms with van der Waals surface area (Å²) >= 11 is 0. The minimum Gasteiger partial charge on any atom is -0.370 e. The summed E-state index contributed by atoms with van der Waals surface area (Å²) in [6, 6.07) is 3.54. The third-order valence-electron chi connectivity index (χ3n) is 3.44. The predicted molar refractivity (Wildman–Crippen MR) is 72.7 cm³/mol. The van der Waals surface area contributed by atoms with Gasteiger partial charge in [-0.1, -0.05) is 19.3 Å². The quantitative estimate of drug-likeness (QED) is 0.811. The van der Waals surface area contributed by atoms with Crippen LogP contribution in [0, 0.1) is 5.92 Å². The summed E-state index contributed by atoms with van der Waals surface area (Å²) in [4.78, 5) is 16.1. The van der Waals surface area contributed by atoms with Gasteiger partial charge in [-0.05, 0) is 31.4 Å². The van der Waals surface area contributed by atoms with Gasteiger partial charge in [0, 0.05) is 24.8 Å². The van der Waals surface area contributed by atoms with Gasteiger partial charge in [0.2, 0.25) is 0 Å². The summed E-state index contributed by atoms with van der Waals surface area (Å²) in [5.74, 6) is 1.58. The third kappa shape index (κ3) is 3.45. The van der Waals surface area contributed by atoms with Gasteiger partial charge < -0.3 is 10.6 Å². The van der Waals surface area contributed by atoms with Gasteiger partial charge in [0.05, 0.1) is 0 Å². The van der Waals surface area contributed by atoms with Gasteiger partial charge >= 0.3 is 0 Å². The number of hydrogen-bond acceptors (Lipinski definition) is 3. The van der Waals surface area contributed by atoms with Crippen molar-refractivity contribution >= 4 is 11.7 Å². The van der Waals surface area contributed by atoms with Crippen LogP contribution < -0.4 is 10.6 Å². The summed E-state index contributed by atoms with van der Waals surface area (Å²) in [5.41, 5.74) is 0.676. The first-order valence-electron chi connectivity index (χ1n) is 6.77.